The van der Waals surface area contributed by atoms with Crippen molar-refractivity contribution in [1.29, 1.82) is 0 Å². The van der Waals surface area contributed by atoms with E-state index in [1.165, 1.54) is 31.3 Å². The fourth-order valence-corrected chi connectivity index (χ4v) is 8.23. The molecule has 0 amide bonds. The summed E-state index contributed by atoms with van der Waals surface area (Å²) in [5.41, 5.74) is 11.4. The van der Waals surface area contributed by atoms with Crippen LogP contribution in [-0.4, -0.2) is 0 Å². The zero-order valence-electron chi connectivity index (χ0n) is 27.9. The Kier molecular flexibility index (Phi) is 8.09. The lowest BCUT2D eigenvalue weighted by Gasteiger charge is -2.31. The highest BCUT2D eigenvalue weighted by Crippen LogP contribution is 2.46. The van der Waals surface area contributed by atoms with Crippen molar-refractivity contribution in [3.8, 4) is 22.3 Å². The summed E-state index contributed by atoms with van der Waals surface area (Å²) < 4.78 is 2.64. The van der Waals surface area contributed by atoms with Crippen LogP contribution in [0.3, 0.4) is 0 Å². The molecule has 242 valence electrons. The van der Waals surface area contributed by atoms with Crippen LogP contribution in [0, 0.1) is 0 Å². The lowest BCUT2D eigenvalue weighted by Crippen LogP contribution is -2.13. The number of fused-ring (bicyclic) bond motifs is 3. The van der Waals surface area contributed by atoms with Crippen LogP contribution in [0.25, 0.3) is 42.4 Å². The molecule has 0 aliphatic heterocycles. The maximum atomic E-state index is 2.38. The molecule has 0 atom stereocenters. The Morgan fingerprint density at radius 2 is 0.706 bits per heavy atom. The van der Waals surface area contributed by atoms with Crippen molar-refractivity contribution in [2.45, 2.75) is 0 Å². The zero-order valence-corrected chi connectivity index (χ0v) is 28.7. The Morgan fingerprint density at radius 3 is 1.25 bits per heavy atom. The molecule has 0 saturated heterocycles. The first-order valence-corrected chi connectivity index (χ1v) is 18.1. The van der Waals surface area contributed by atoms with E-state index in [4.69, 9.17) is 0 Å². The van der Waals surface area contributed by atoms with Gasteiger partial charge in [-0.3, -0.25) is 0 Å². The van der Waals surface area contributed by atoms with Crippen molar-refractivity contribution in [2.24, 2.45) is 0 Å². The molecule has 0 N–H and O–H groups in total. The third-order valence-electron chi connectivity index (χ3n) is 9.46. The molecule has 2 nitrogen and oxygen atoms in total. The van der Waals surface area contributed by atoms with E-state index >= 15 is 0 Å². The molecule has 0 aliphatic rings. The number of hydrogen-bond acceptors (Lipinski definition) is 3. The van der Waals surface area contributed by atoms with Gasteiger partial charge in [-0.05, 0) is 83.9 Å². The molecule has 9 aromatic rings. The molecule has 0 fully saturated rings. The van der Waals surface area contributed by atoms with Gasteiger partial charge in [-0.15, -0.1) is 11.3 Å². The van der Waals surface area contributed by atoms with Crippen LogP contribution >= 0.6 is 11.3 Å². The summed E-state index contributed by atoms with van der Waals surface area (Å²) in [4.78, 5) is 4.72. The lowest BCUT2D eigenvalue weighted by atomic mass is 9.98. The summed E-state index contributed by atoms with van der Waals surface area (Å²) in [5.74, 6) is 0. The second-order valence-corrected chi connectivity index (χ2v) is 13.7. The minimum Gasteiger partial charge on any atom is -0.310 e. The average molecular weight is 671 g/mol. The van der Waals surface area contributed by atoms with Gasteiger partial charge in [-0.2, -0.15) is 0 Å². The Bertz CT molecular complexity index is 2540. The number of rotatable bonds is 8. The number of para-hydroxylation sites is 5. The Morgan fingerprint density at radius 1 is 0.294 bits per heavy atom. The fraction of sp³-hybridized carbons (Fsp3) is 0. The monoisotopic (exact) mass is 670 g/mol. The van der Waals surface area contributed by atoms with E-state index < -0.39 is 0 Å². The molecule has 0 radical (unpaired) electrons. The molecule has 1 heterocycles. The van der Waals surface area contributed by atoms with Gasteiger partial charge >= 0.3 is 0 Å². The zero-order chi connectivity index (χ0) is 34.0. The predicted octanol–water partition coefficient (Wildman–Crippen LogP) is 14.3. The van der Waals surface area contributed by atoms with Crippen molar-refractivity contribution in [3.05, 3.63) is 206 Å². The number of benzene rings is 8. The molecular formula is C48H34N2S. The van der Waals surface area contributed by atoms with Crippen LogP contribution < -0.4 is 9.80 Å². The molecular weight excluding hydrogens is 637 g/mol. The largest absolute Gasteiger partial charge is 0.310 e. The van der Waals surface area contributed by atoms with E-state index in [2.05, 4.69) is 216 Å². The van der Waals surface area contributed by atoms with Crippen LogP contribution in [0.1, 0.15) is 0 Å². The van der Waals surface area contributed by atoms with Crippen molar-refractivity contribution in [3.63, 3.8) is 0 Å². The number of hydrogen-bond donors (Lipinski definition) is 0. The van der Waals surface area contributed by atoms with Gasteiger partial charge in [0.05, 0.1) is 11.4 Å². The number of nitrogens with zero attached hydrogens (tertiary/aromatic N) is 2. The van der Waals surface area contributed by atoms with Gasteiger partial charge < -0.3 is 9.80 Å². The van der Waals surface area contributed by atoms with Gasteiger partial charge in [-0.25, -0.2) is 0 Å². The van der Waals surface area contributed by atoms with Crippen LogP contribution in [0.2, 0.25) is 0 Å². The Balaban J connectivity index is 1.16. The second kappa shape index (κ2) is 13.5. The molecule has 8 aromatic carbocycles. The van der Waals surface area contributed by atoms with E-state index in [9.17, 15) is 0 Å². The van der Waals surface area contributed by atoms with Gasteiger partial charge in [0.1, 0.15) is 0 Å². The van der Waals surface area contributed by atoms with Gasteiger partial charge in [0.25, 0.3) is 0 Å². The first-order chi connectivity index (χ1) is 25.3. The molecule has 51 heavy (non-hydrogen) atoms. The highest BCUT2D eigenvalue weighted by Gasteiger charge is 2.22. The fourth-order valence-electron chi connectivity index (χ4n) is 7.09. The van der Waals surface area contributed by atoms with Gasteiger partial charge in [0, 0.05) is 54.0 Å². The summed E-state index contributed by atoms with van der Waals surface area (Å²) in [6, 6.07) is 73.9. The standard InChI is InChI=1S/C48H34N2S/c1-4-16-37(17-5-1)49(38-18-6-2-7-19-38)45-25-13-10-22-41(45)42-23-11-14-26-46(42)50(39-20-8-3-9-21-39)40-31-28-35(29-32-40)36-30-33-44-43-24-12-15-27-47(43)51-48(44)34-36/h1-34H. The average Bonchev–Trinajstić information content (AvgIpc) is 3.58. The van der Waals surface area contributed by atoms with E-state index in [0.29, 0.717) is 0 Å². The normalized spacial score (nSPS) is 11.1. The highest BCUT2D eigenvalue weighted by atomic mass is 32.1. The van der Waals surface area contributed by atoms with Crippen molar-refractivity contribution in [2.75, 3.05) is 9.80 Å². The summed E-state index contributed by atoms with van der Waals surface area (Å²) in [5, 5.41) is 2.65. The molecule has 9 rings (SSSR count). The van der Waals surface area contributed by atoms with Gasteiger partial charge in [-0.1, -0.05) is 133 Å². The van der Waals surface area contributed by atoms with Crippen molar-refractivity contribution < 1.29 is 0 Å². The summed E-state index contributed by atoms with van der Waals surface area (Å²) in [6.07, 6.45) is 0. The van der Waals surface area contributed by atoms with Crippen LogP contribution in [0.15, 0.2) is 206 Å². The topological polar surface area (TPSA) is 6.48 Å². The van der Waals surface area contributed by atoms with E-state index in [1.54, 1.807) is 0 Å². The smallest absolute Gasteiger partial charge is 0.0540 e. The minimum absolute atomic E-state index is 1.10. The molecule has 3 heteroatoms. The maximum absolute atomic E-state index is 2.38. The van der Waals surface area contributed by atoms with Gasteiger partial charge in [0.15, 0.2) is 0 Å². The maximum Gasteiger partial charge on any atom is 0.0540 e. The molecule has 0 saturated carbocycles. The minimum atomic E-state index is 1.10. The van der Waals surface area contributed by atoms with Crippen LogP contribution in [0.5, 0.6) is 0 Å². The summed E-state index contributed by atoms with van der Waals surface area (Å²) in [6.45, 7) is 0. The van der Waals surface area contributed by atoms with Crippen molar-refractivity contribution in [1.82, 2.24) is 0 Å². The highest BCUT2D eigenvalue weighted by molar-refractivity contribution is 7.25. The number of anilines is 6. The molecule has 0 unspecified atom stereocenters. The van der Waals surface area contributed by atoms with Crippen molar-refractivity contribution >= 4 is 65.6 Å². The third-order valence-corrected chi connectivity index (χ3v) is 10.6. The van der Waals surface area contributed by atoms with Gasteiger partial charge in [0.2, 0.25) is 0 Å². The predicted molar refractivity (Wildman–Crippen MR) is 220 cm³/mol. The summed E-state index contributed by atoms with van der Waals surface area (Å²) >= 11 is 1.86. The van der Waals surface area contributed by atoms with Crippen LogP contribution in [0.4, 0.5) is 34.1 Å². The van der Waals surface area contributed by atoms with E-state index in [0.717, 1.165) is 45.3 Å². The Labute approximate surface area is 302 Å². The van der Waals surface area contributed by atoms with E-state index in [-0.39, 0.29) is 0 Å². The van der Waals surface area contributed by atoms with Crippen LogP contribution in [-0.2, 0) is 0 Å². The Hall–Kier alpha value is -6.42. The second-order valence-electron chi connectivity index (χ2n) is 12.6. The number of thiophene rings is 1. The molecule has 0 aliphatic carbocycles. The lowest BCUT2D eigenvalue weighted by molar-refractivity contribution is 1.27. The molecule has 0 bridgehead atoms. The quantitative estimate of drug-likeness (QED) is 0.159. The third kappa shape index (κ3) is 5.84. The first kappa shape index (κ1) is 30.6. The SMILES string of the molecule is c1ccc(N(c2ccccc2)c2ccccc2-c2ccccc2N(c2ccccc2)c2ccc(-c3ccc4c(c3)sc3ccccc34)cc2)cc1. The first-order valence-electron chi connectivity index (χ1n) is 17.3. The molecule has 0 spiro atoms. The summed E-state index contributed by atoms with van der Waals surface area (Å²) in [7, 11) is 0. The van der Waals surface area contributed by atoms with E-state index in [1.807, 2.05) is 11.3 Å². The molecule has 1 aromatic heterocycles.